The molecule has 4 aliphatic rings. The molecule has 0 aromatic heterocycles. The molecule has 182 valence electrons. The van der Waals surface area contributed by atoms with Crippen molar-refractivity contribution in [2.75, 3.05) is 13.2 Å². The number of rotatable bonds is 8. The van der Waals surface area contributed by atoms with Crippen LogP contribution < -0.4 is 5.32 Å². The maximum atomic E-state index is 13.4. The van der Waals surface area contributed by atoms with Gasteiger partial charge in [-0.15, -0.1) is 0 Å². The largest absolute Gasteiger partial charge is 0.481 e. The average molecular weight is 475 g/mol. The summed E-state index contributed by atoms with van der Waals surface area (Å²) in [5.74, 6) is -0.517. The number of carboxylic acids is 1. The van der Waals surface area contributed by atoms with Gasteiger partial charge in [0.15, 0.2) is 0 Å². The van der Waals surface area contributed by atoms with E-state index in [0.717, 1.165) is 25.7 Å². The van der Waals surface area contributed by atoms with Gasteiger partial charge in [-0.05, 0) is 60.3 Å². The van der Waals surface area contributed by atoms with Crippen LogP contribution in [0.5, 0.6) is 0 Å². The molecule has 0 unspecified atom stereocenters. The quantitative estimate of drug-likeness (QED) is 0.599. The molecule has 0 aliphatic heterocycles. The molecular formula is C28H30N2O5. The summed E-state index contributed by atoms with van der Waals surface area (Å²) in [6.07, 6.45) is 3.66. The molecule has 2 amide bonds. The fourth-order valence-corrected chi connectivity index (χ4v) is 6.41. The molecule has 2 aromatic rings. The van der Waals surface area contributed by atoms with Gasteiger partial charge in [-0.25, -0.2) is 4.79 Å². The summed E-state index contributed by atoms with van der Waals surface area (Å²) < 4.78 is 5.70. The summed E-state index contributed by atoms with van der Waals surface area (Å²) in [4.78, 5) is 38.9. The smallest absolute Gasteiger partial charge is 0.407 e. The Bertz CT molecular complexity index is 1150. The topological polar surface area (TPSA) is 95.9 Å². The van der Waals surface area contributed by atoms with Gasteiger partial charge in [0, 0.05) is 24.5 Å². The van der Waals surface area contributed by atoms with Crippen molar-refractivity contribution >= 4 is 18.0 Å². The number of ether oxygens (including phenoxy) is 1. The summed E-state index contributed by atoms with van der Waals surface area (Å²) >= 11 is 0. The zero-order valence-corrected chi connectivity index (χ0v) is 19.6. The highest BCUT2D eigenvalue weighted by atomic mass is 16.5. The number of nitrogens with one attached hydrogen (secondary N) is 1. The van der Waals surface area contributed by atoms with E-state index in [-0.39, 0.29) is 49.4 Å². The molecule has 35 heavy (non-hydrogen) atoms. The lowest BCUT2D eigenvalue weighted by molar-refractivity contribution is -0.141. The first-order valence-corrected chi connectivity index (χ1v) is 12.6. The van der Waals surface area contributed by atoms with E-state index in [1.807, 2.05) is 24.3 Å². The number of benzene rings is 2. The number of carboxylic acid groups (broad SMARTS) is 1. The van der Waals surface area contributed by atoms with Crippen molar-refractivity contribution in [1.82, 2.24) is 10.2 Å². The Morgan fingerprint density at radius 1 is 1.00 bits per heavy atom. The summed E-state index contributed by atoms with van der Waals surface area (Å²) in [6, 6.07) is 16.6. The Labute approximate surface area is 204 Å². The Kier molecular flexibility index (Phi) is 5.31. The fraction of sp³-hybridized carbons (Fsp3) is 0.464. The predicted octanol–water partition coefficient (Wildman–Crippen LogP) is 4.16. The summed E-state index contributed by atoms with van der Waals surface area (Å²) in [6.45, 7) is 0.544. The number of amides is 2. The van der Waals surface area contributed by atoms with Gasteiger partial charge < -0.3 is 20.1 Å². The average Bonchev–Trinajstić information content (AvgIpc) is 3.75. The SMILES string of the molecule is O=C(O)CCN(C(=O)[C@]12C[C@H](NC(=O)OCC3c4ccccc4-c4ccccc43)C[C@H]1C2)C1CC1. The summed E-state index contributed by atoms with van der Waals surface area (Å²) in [7, 11) is 0. The molecule has 6 rings (SSSR count). The van der Waals surface area contributed by atoms with E-state index in [9.17, 15) is 14.4 Å². The number of carbonyl (C=O) groups is 3. The number of alkyl carbamates (subject to hydrolysis) is 1. The van der Waals surface area contributed by atoms with Crippen LogP contribution in [0.1, 0.15) is 55.6 Å². The first kappa shape index (κ1) is 22.1. The molecule has 7 heteroatoms. The van der Waals surface area contributed by atoms with Gasteiger partial charge in [-0.3, -0.25) is 9.59 Å². The second-order valence-corrected chi connectivity index (χ2v) is 10.5. The maximum Gasteiger partial charge on any atom is 0.407 e. The molecule has 0 bridgehead atoms. The van der Waals surface area contributed by atoms with E-state index >= 15 is 0 Å². The van der Waals surface area contributed by atoms with Gasteiger partial charge >= 0.3 is 12.1 Å². The Morgan fingerprint density at radius 2 is 1.66 bits per heavy atom. The van der Waals surface area contributed by atoms with Gasteiger partial charge in [-0.2, -0.15) is 0 Å². The first-order valence-electron chi connectivity index (χ1n) is 12.6. The maximum absolute atomic E-state index is 13.4. The van der Waals surface area contributed by atoms with Gasteiger partial charge in [0.2, 0.25) is 5.91 Å². The molecule has 2 N–H and O–H groups in total. The van der Waals surface area contributed by atoms with E-state index in [1.165, 1.54) is 22.3 Å². The number of nitrogens with zero attached hydrogens (tertiary/aromatic N) is 1. The van der Waals surface area contributed by atoms with E-state index in [2.05, 4.69) is 29.6 Å². The lowest BCUT2D eigenvalue weighted by atomic mass is 9.98. The Hall–Kier alpha value is -3.35. The van der Waals surface area contributed by atoms with Gasteiger partial charge in [0.1, 0.15) is 6.61 Å². The van der Waals surface area contributed by atoms with Crippen molar-refractivity contribution in [3.8, 4) is 11.1 Å². The van der Waals surface area contributed by atoms with Crippen LogP contribution in [-0.2, 0) is 14.3 Å². The van der Waals surface area contributed by atoms with Crippen LogP contribution in [0.15, 0.2) is 48.5 Å². The summed E-state index contributed by atoms with van der Waals surface area (Å²) in [5, 5.41) is 12.1. The number of carbonyl (C=O) groups excluding carboxylic acids is 2. The van der Waals surface area contributed by atoms with Crippen molar-refractivity contribution in [3.63, 3.8) is 0 Å². The Balaban J connectivity index is 1.06. The first-order chi connectivity index (χ1) is 17.0. The standard InChI is InChI=1S/C28H30N2O5/c31-25(32)11-12-30(19-9-10-19)26(33)28-14-17(28)13-18(15-28)29-27(34)35-16-24-22-7-3-1-5-20(22)21-6-2-4-8-23(21)24/h1-8,17-19,24H,9-16H2,(H,29,34)(H,31,32)/t17-,18+,28+/m0/s1. The second-order valence-electron chi connectivity index (χ2n) is 10.5. The number of hydrogen-bond donors (Lipinski definition) is 2. The monoisotopic (exact) mass is 474 g/mol. The third-order valence-electron chi connectivity index (χ3n) is 8.32. The minimum atomic E-state index is -0.880. The van der Waals surface area contributed by atoms with E-state index in [4.69, 9.17) is 9.84 Å². The van der Waals surface area contributed by atoms with Gasteiger partial charge in [0.25, 0.3) is 0 Å². The molecule has 4 aliphatic carbocycles. The van der Waals surface area contributed by atoms with Crippen molar-refractivity contribution < 1.29 is 24.2 Å². The molecule has 3 atom stereocenters. The third-order valence-corrected chi connectivity index (χ3v) is 8.32. The van der Waals surface area contributed by atoms with Crippen LogP contribution in [-0.4, -0.2) is 53.2 Å². The highest BCUT2D eigenvalue weighted by molar-refractivity contribution is 5.88. The normalized spacial score (nSPS) is 25.8. The molecule has 2 aromatic carbocycles. The minimum absolute atomic E-state index is 0.0133. The second kappa shape index (κ2) is 8.40. The highest BCUT2D eigenvalue weighted by Crippen LogP contribution is 2.64. The third kappa shape index (κ3) is 3.97. The molecule has 0 saturated heterocycles. The van der Waals surface area contributed by atoms with Crippen molar-refractivity contribution in [3.05, 3.63) is 59.7 Å². The zero-order chi connectivity index (χ0) is 24.2. The zero-order valence-electron chi connectivity index (χ0n) is 19.6. The van der Waals surface area contributed by atoms with Gasteiger partial charge in [-0.1, -0.05) is 48.5 Å². The number of fused-ring (bicyclic) bond motifs is 4. The molecule has 7 nitrogen and oxygen atoms in total. The van der Waals surface area contributed by atoms with Crippen LogP contribution in [0.25, 0.3) is 11.1 Å². The van der Waals surface area contributed by atoms with Crippen molar-refractivity contribution in [2.45, 2.75) is 56.5 Å². The van der Waals surface area contributed by atoms with Crippen LogP contribution in [0, 0.1) is 11.3 Å². The van der Waals surface area contributed by atoms with Crippen molar-refractivity contribution in [2.24, 2.45) is 11.3 Å². The lowest BCUT2D eigenvalue weighted by Gasteiger charge is -2.27. The number of aliphatic carboxylic acids is 1. The van der Waals surface area contributed by atoms with E-state index in [0.29, 0.717) is 6.42 Å². The highest BCUT2D eigenvalue weighted by Gasteiger charge is 2.66. The van der Waals surface area contributed by atoms with E-state index < -0.39 is 17.5 Å². The van der Waals surface area contributed by atoms with Crippen LogP contribution in [0.2, 0.25) is 0 Å². The van der Waals surface area contributed by atoms with E-state index in [1.54, 1.807) is 4.90 Å². The summed E-state index contributed by atoms with van der Waals surface area (Å²) in [5.41, 5.74) is 4.31. The molecule has 3 saturated carbocycles. The van der Waals surface area contributed by atoms with Crippen LogP contribution >= 0.6 is 0 Å². The van der Waals surface area contributed by atoms with Gasteiger partial charge in [0.05, 0.1) is 11.8 Å². The predicted molar refractivity (Wildman–Crippen MR) is 129 cm³/mol. The fourth-order valence-electron chi connectivity index (χ4n) is 6.41. The van der Waals surface area contributed by atoms with Crippen LogP contribution in [0.3, 0.4) is 0 Å². The molecule has 0 heterocycles. The van der Waals surface area contributed by atoms with Crippen LogP contribution in [0.4, 0.5) is 4.79 Å². The molecule has 0 spiro atoms. The molecule has 0 radical (unpaired) electrons. The molecule has 3 fully saturated rings. The molecular weight excluding hydrogens is 444 g/mol. The lowest BCUT2D eigenvalue weighted by Crippen LogP contribution is -2.42. The Morgan fingerprint density at radius 3 is 2.29 bits per heavy atom. The number of hydrogen-bond acceptors (Lipinski definition) is 4. The minimum Gasteiger partial charge on any atom is -0.481 e. The van der Waals surface area contributed by atoms with Crippen molar-refractivity contribution in [1.29, 1.82) is 0 Å².